The van der Waals surface area contributed by atoms with Crippen molar-refractivity contribution in [2.45, 2.75) is 19.4 Å². The second-order valence-electron chi connectivity index (χ2n) is 4.42. The van der Waals surface area contributed by atoms with Crippen molar-refractivity contribution in [2.24, 2.45) is 10.9 Å². The SMILES string of the molecule is CN(CC(C)(C)O)c1nnccc1/C(N)=N/O. The van der Waals surface area contributed by atoms with Gasteiger partial charge < -0.3 is 20.9 Å². The first kappa shape index (κ1) is 13.2. The van der Waals surface area contributed by atoms with Crippen LogP contribution in [-0.2, 0) is 0 Å². The third kappa shape index (κ3) is 3.56. The summed E-state index contributed by atoms with van der Waals surface area (Å²) in [6, 6.07) is 1.60. The maximum Gasteiger partial charge on any atom is 0.173 e. The van der Waals surface area contributed by atoms with Crippen molar-refractivity contribution < 1.29 is 10.3 Å². The van der Waals surface area contributed by atoms with Crippen LogP contribution in [0.15, 0.2) is 17.4 Å². The zero-order chi connectivity index (χ0) is 13.1. The summed E-state index contributed by atoms with van der Waals surface area (Å²) < 4.78 is 0. The monoisotopic (exact) mass is 239 g/mol. The lowest BCUT2D eigenvalue weighted by atomic mass is 10.1. The number of nitrogens with two attached hydrogens (primary N) is 1. The van der Waals surface area contributed by atoms with E-state index in [0.717, 1.165) is 0 Å². The molecule has 0 atom stereocenters. The molecule has 1 aromatic rings. The van der Waals surface area contributed by atoms with E-state index in [9.17, 15) is 5.11 Å². The fourth-order valence-corrected chi connectivity index (χ4v) is 1.52. The Kier molecular flexibility index (Phi) is 3.84. The molecule has 0 radical (unpaired) electrons. The summed E-state index contributed by atoms with van der Waals surface area (Å²) in [4.78, 5) is 1.69. The van der Waals surface area contributed by atoms with Crippen molar-refractivity contribution in [3.63, 3.8) is 0 Å². The molecule has 1 rings (SSSR count). The van der Waals surface area contributed by atoms with Crippen LogP contribution in [0.25, 0.3) is 0 Å². The number of anilines is 1. The van der Waals surface area contributed by atoms with E-state index < -0.39 is 5.60 Å². The van der Waals surface area contributed by atoms with Gasteiger partial charge in [-0.2, -0.15) is 5.10 Å². The van der Waals surface area contributed by atoms with Crippen LogP contribution in [0.2, 0.25) is 0 Å². The molecule has 1 aromatic heterocycles. The number of amidine groups is 1. The van der Waals surface area contributed by atoms with Crippen LogP contribution >= 0.6 is 0 Å². The van der Waals surface area contributed by atoms with Crippen molar-refractivity contribution in [3.8, 4) is 0 Å². The van der Waals surface area contributed by atoms with Gasteiger partial charge in [-0.25, -0.2) is 0 Å². The predicted octanol–water partition coefficient (Wildman–Crippen LogP) is -0.222. The molecule has 0 saturated carbocycles. The number of aromatic nitrogens is 2. The highest BCUT2D eigenvalue weighted by atomic mass is 16.4. The molecule has 0 saturated heterocycles. The molecule has 0 aromatic carbocycles. The minimum absolute atomic E-state index is 0.0440. The fraction of sp³-hybridized carbons (Fsp3) is 0.500. The molecule has 0 aliphatic carbocycles. The normalized spacial score (nSPS) is 12.6. The Hall–Kier alpha value is -1.89. The minimum Gasteiger partial charge on any atom is -0.409 e. The molecule has 0 bridgehead atoms. The molecule has 7 heteroatoms. The third-order valence-corrected chi connectivity index (χ3v) is 2.07. The van der Waals surface area contributed by atoms with Gasteiger partial charge in [0, 0.05) is 13.6 Å². The fourth-order valence-electron chi connectivity index (χ4n) is 1.52. The molecule has 0 aliphatic heterocycles. The summed E-state index contributed by atoms with van der Waals surface area (Å²) in [5.41, 5.74) is 5.13. The van der Waals surface area contributed by atoms with Crippen molar-refractivity contribution in [2.75, 3.05) is 18.5 Å². The Morgan fingerprint density at radius 3 is 2.76 bits per heavy atom. The van der Waals surface area contributed by atoms with Gasteiger partial charge in [-0.05, 0) is 19.9 Å². The van der Waals surface area contributed by atoms with Crippen LogP contribution in [0.5, 0.6) is 0 Å². The molecule has 7 nitrogen and oxygen atoms in total. The number of aliphatic hydroxyl groups is 1. The zero-order valence-electron chi connectivity index (χ0n) is 10.1. The molecule has 0 amide bonds. The van der Waals surface area contributed by atoms with Crippen LogP contribution in [0.4, 0.5) is 5.82 Å². The number of rotatable bonds is 4. The van der Waals surface area contributed by atoms with Crippen molar-refractivity contribution in [3.05, 3.63) is 17.8 Å². The van der Waals surface area contributed by atoms with Crippen LogP contribution in [-0.4, -0.2) is 45.5 Å². The molecule has 17 heavy (non-hydrogen) atoms. The number of hydrogen-bond donors (Lipinski definition) is 3. The zero-order valence-corrected chi connectivity index (χ0v) is 10.1. The summed E-state index contributed by atoms with van der Waals surface area (Å²) in [5, 5.41) is 29.0. The first-order valence-corrected chi connectivity index (χ1v) is 5.08. The van der Waals surface area contributed by atoms with Crippen LogP contribution in [0.1, 0.15) is 19.4 Å². The number of likely N-dealkylation sites (N-methyl/N-ethyl adjacent to an activating group) is 1. The highest BCUT2D eigenvalue weighted by Crippen LogP contribution is 2.16. The van der Waals surface area contributed by atoms with Gasteiger partial charge in [0.25, 0.3) is 0 Å². The largest absolute Gasteiger partial charge is 0.409 e. The van der Waals surface area contributed by atoms with Gasteiger partial charge in [-0.15, -0.1) is 5.10 Å². The third-order valence-electron chi connectivity index (χ3n) is 2.07. The van der Waals surface area contributed by atoms with E-state index in [1.165, 1.54) is 6.20 Å². The second kappa shape index (κ2) is 4.96. The average molecular weight is 239 g/mol. The van der Waals surface area contributed by atoms with Gasteiger partial charge >= 0.3 is 0 Å². The van der Waals surface area contributed by atoms with Gasteiger partial charge in [-0.1, -0.05) is 5.16 Å². The van der Waals surface area contributed by atoms with Crippen LogP contribution in [0.3, 0.4) is 0 Å². The van der Waals surface area contributed by atoms with Gasteiger partial charge in [0.15, 0.2) is 11.7 Å². The molecule has 94 valence electrons. The van der Waals surface area contributed by atoms with Gasteiger partial charge in [0.2, 0.25) is 0 Å². The molecule has 0 spiro atoms. The first-order chi connectivity index (χ1) is 7.85. The van der Waals surface area contributed by atoms with Gasteiger partial charge in [-0.3, -0.25) is 0 Å². The summed E-state index contributed by atoms with van der Waals surface area (Å²) in [7, 11) is 1.75. The molecule has 1 heterocycles. The molecular weight excluding hydrogens is 222 g/mol. The number of oxime groups is 1. The van der Waals surface area contributed by atoms with E-state index in [1.54, 1.807) is 31.9 Å². The highest BCUT2D eigenvalue weighted by molar-refractivity contribution is 6.01. The quantitative estimate of drug-likeness (QED) is 0.290. The molecular formula is C10H17N5O2. The Balaban J connectivity index is 3.05. The molecule has 0 unspecified atom stereocenters. The Morgan fingerprint density at radius 2 is 2.24 bits per heavy atom. The maximum absolute atomic E-state index is 9.74. The summed E-state index contributed by atoms with van der Waals surface area (Å²) >= 11 is 0. The second-order valence-corrected chi connectivity index (χ2v) is 4.42. The Bertz CT molecular complexity index is 413. The molecule has 0 fully saturated rings. The number of hydrogen-bond acceptors (Lipinski definition) is 6. The minimum atomic E-state index is -0.880. The molecule has 4 N–H and O–H groups in total. The van der Waals surface area contributed by atoms with Gasteiger partial charge in [0.1, 0.15) is 0 Å². The topological polar surface area (TPSA) is 108 Å². The van der Waals surface area contributed by atoms with Crippen LogP contribution < -0.4 is 10.6 Å². The smallest absolute Gasteiger partial charge is 0.173 e. The van der Waals surface area contributed by atoms with Crippen molar-refractivity contribution in [1.29, 1.82) is 0 Å². The van der Waals surface area contributed by atoms with E-state index in [1.807, 2.05) is 0 Å². The summed E-state index contributed by atoms with van der Waals surface area (Å²) in [6.45, 7) is 3.71. The van der Waals surface area contributed by atoms with Gasteiger partial charge in [0.05, 0.1) is 17.4 Å². The van der Waals surface area contributed by atoms with E-state index >= 15 is 0 Å². The van der Waals surface area contributed by atoms with Crippen molar-refractivity contribution in [1.82, 2.24) is 10.2 Å². The van der Waals surface area contributed by atoms with E-state index in [4.69, 9.17) is 10.9 Å². The van der Waals surface area contributed by atoms with E-state index in [2.05, 4.69) is 15.4 Å². The van der Waals surface area contributed by atoms with Crippen LogP contribution in [0, 0.1) is 0 Å². The maximum atomic E-state index is 9.74. The predicted molar refractivity (Wildman–Crippen MR) is 64.1 cm³/mol. The summed E-state index contributed by atoms with van der Waals surface area (Å²) in [5.74, 6) is 0.405. The lowest BCUT2D eigenvalue weighted by Gasteiger charge is -2.27. The molecule has 0 aliphatic rings. The van der Waals surface area contributed by atoms with E-state index in [-0.39, 0.29) is 5.84 Å². The van der Waals surface area contributed by atoms with E-state index in [0.29, 0.717) is 17.9 Å². The lowest BCUT2D eigenvalue weighted by Crippen LogP contribution is -2.37. The van der Waals surface area contributed by atoms with Crippen molar-refractivity contribution >= 4 is 11.7 Å². The first-order valence-electron chi connectivity index (χ1n) is 5.08. The average Bonchev–Trinajstić information content (AvgIpc) is 2.25. The standard InChI is InChI=1S/C10H17N5O2/c1-10(2,16)6-15(3)9-7(8(11)14-17)4-5-12-13-9/h4-5,16-17H,6H2,1-3H3,(H2,11,14). The number of nitrogens with zero attached hydrogens (tertiary/aromatic N) is 4. The summed E-state index contributed by atoms with van der Waals surface area (Å²) in [6.07, 6.45) is 1.45. The lowest BCUT2D eigenvalue weighted by molar-refractivity contribution is 0.0884. The highest BCUT2D eigenvalue weighted by Gasteiger charge is 2.20. The Morgan fingerprint density at radius 1 is 1.59 bits per heavy atom. The Labute approximate surface area is 99.6 Å².